The molecule has 1 amide bonds. The SMILES string of the molecule is Cn1ncc(N2CCC(CNC(=O)c3cn[nH]c3-c3cccs3)C2)cc1=O. The third-order valence-electron chi connectivity index (χ3n) is 4.81. The summed E-state index contributed by atoms with van der Waals surface area (Å²) >= 11 is 1.56. The largest absolute Gasteiger partial charge is 0.370 e. The molecule has 1 aliphatic rings. The van der Waals surface area contributed by atoms with Gasteiger partial charge in [-0.1, -0.05) is 6.07 Å². The molecule has 0 radical (unpaired) electrons. The molecule has 1 atom stereocenters. The Balaban J connectivity index is 1.36. The lowest BCUT2D eigenvalue weighted by Crippen LogP contribution is -2.31. The Morgan fingerprint density at radius 3 is 3.11 bits per heavy atom. The number of rotatable bonds is 5. The first kappa shape index (κ1) is 17.5. The zero-order chi connectivity index (χ0) is 18.8. The van der Waals surface area contributed by atoms with Gasteiger partial charge in [-0.2, -0.15) is 10.2 Å². The Morgan fingerprint density at radius 2 is 2.33 bits per heavy atom. The number of H-pyrrole nitrogens is 1. The number of aromatic amines is 1. The van der Waals surface area contributed by atoms with Crippen LogP contribution in [0.3, 0.4) is 0 Å². The summed E-state index contributed by atoms with van der Waals surface area (Å²) in [5.74, 6) is 0.205. The van der Waals surface area contributed by atoms with Crippen LogP contribution in [0, 0.1) is 5.92 Å². The smallest absolute Gasteiger partial charge is 0.268 e. The maximum Gasteiger partial charge on any atom is 0.268 e. The van der Waals surface area contributed by atoms with E-state index in [2.05, 4.69) is 25.5 Å². The molecule has 9 heteroatoms. The highest BCUT2D eigenvalue weighted by Crippen LogP contribution is 2.26. The minimum absolute atomic E-state index is 0.120. The summed E-state index contributed by atoms with van der Waals surface area (Å²) in [6.07, 6.45) is 4.23. The van der Waals surface area contributed by atoms with Crippen LogP contribution in [-0.2, 0) is 7.05 Å². The van der Waals surface area contributed by atoms with Gasteiger partial charge in [-0.05, 0) is 23.8 Å². The summed E-state index contributed by atoms with van der Waals surface area (Å²) in [7, 11) is 1.63. The summed E-state index contributed by atoms with van der Waals surface area (Å²) in [5.41, 5.74) is 2.02. The molecule has 4 heterocycles. The van der Waals surface area contributed by atoms with E-state index in [-0.39, 0.29) is 11.5 Å². The standard InChI is InChI=1S/C18H20N6O2S/c1-23-16(25)7-13(9-21-23)24-5-4-12(11-24)8-19-18(26)14-10-20-22-17(14)15-3-2-6-27-15/h2-3,6-7,9-10,12H,4-5,8,11H2,1H3,(H,19,26)(H,20,22). The Bertz CT molecular complexity index is 993. The van der Waals surface area contributed by atoms with E-state index in [9.17, 15) is 9.59 Å². The Hall–Kier alpha value is -2.94. The first-order chi connectivity index (χ1) is 13.1. The number of anilines is 1. The van der Waals surface area contributed by atoms with Crippen molar-refractivity contribution in [1.29, 1.82) is 0 Å². The summed E-state index contributed by atoms with van der Waals surface area (Å²) in [5, 5.41) is 16.0. The molecule has 0 aliphatic carbocycles. The van der Waals surface area contributed by atoms with Gasteiger partial charge in [0.05, 0.1) is 34.2 Å². The van der Waals surface area contributed by atoms with Gasteiger partial charge >= 0.3 is 0 Å². The molecule has 27 heavy (non-hydrogen) atoms. The Morgan fingerprint density at radius 1 is 1.44 bits per heavy atom. The van der Waals surface area contributed by atoms with Crippen molar-refractivity contribution in [2.24, 2.45) is 13.0 Å². The van der Waals surface area contributed by atoms with E-state index in [1.807, 2.05) is 17.5 Å². The average Bonchev–Trinajstić information content (AvgIpc) is 3.41. The molecule has 4 rings (SSSR count). The monoisotopic (exact) mass is 384 g/mol. The molecule has 1 saturated heterocycles. The highest BCUT2D eigenvalue weighted by molar-refractivity contribution is 7.13. The van der Waals surface area contributed by atoms with Crippen molar-refractivity contribution in [3.05, 3.63) is 51.9 Å². The lowest BCUT2D eigenvalue weighted by molar-refractivity contribution is 0.0949. The van der Waals surface area contributed by atoms with Gasteiger partial charge in [-0.3, -0.25) is 14.7 Å². The second-order valence-corrected chi connectivity index (χ2v) is 7.57. The second kappa shape index (κ2) is 7.36. The van der Waals surface area contributed by atoms with Crippen molar-refractivity contribution in [3.63, 3.8) is 0 Å². The maximum absolute atomic E-state index is 12.6. The lowest BCUT2D eigenvalue weighted by atomic mass is 10.1. The highest BCUT2D eigenvalue weighted by atomic mass is 32.1. The van der Waals surface area contributed by atoms with E-state index in [4.69, 9.17) is 0 Å². The molecule has 0 saturated carbocycles. The van der Waals surface area contributed by atoms with Crippen LogP contribution in [-0.4, -0.2) is 45.5 Å². The van der Waals surface area contributed by atoms with Gasteiger partial charge in [-0.15, -0.1) is 11.3 Å². The number of hydrogen-bond acceptors (Lipinski definition) is 6. The molecule has 3 aromatic rings. The fourth-order valence-corrected chi connectivity index (χ4v) is 4.00. The molecule has 1 fully saturated rings. The highest BCUT2D eigenvalue weighted by Gasteiger charge is 2.24. The van der Waals surface area contributed by atoms with E-state index in [1.165, 1.54) is 4.68 Å². The number of carbonyl (C=O) groups is 1. The van der Waals surface area contributed by atoms with Gasteiger partial charge in [0.25, 0.3) is 11.5 Å². The van der Waals surface area contributed by atoms with Crippen LogP contribution in [0.2, 0.25) is 0 Å². The summed E-state index contributed by atoms with van der Waals surface area (Å²) < 4.78 is 1.31. The molecule has 0 aromatic carbocycles. The second-order valence-electron chi connectivity index (χ2n) is 6.62. The number of carbonyl (C=O) groups excluding carboxylic acids is 1. The van der Waals surface area contributed by atoms with Gasteiger partial charge in [0.15, 0.2) is 0 Å². The predicted octanol–water partition coefficient (Wildman–Crippen LogP) is 1.49. The fourth-order valence-electron chi connectivity index (χ4n) is 3.27. The molecule has 8 nitrogen and oxygen atoms in total. The lowest BCUT2D eigenvalue weighted by Gasteiger charge is -2.18. The van der Waals surface area contributed by atoms with Gasteiger partial charge < -0.3 is 10.2 Å². The minimum Gasteiger partial charge on any atom is -0.370 e. The van der Waals surface area contributed by atoms with Crippen LogP contribution >= 0.6 is 11.3 Å². The van der Waals surface area contributed by atoms with E-state index in [1.54, 1.807) is 36.8 Å². The first-order valence-electron chi connectivity index (χ1n) is 8.75. The Labute approximate surface area is 159 Å². The third kappa shape index (κ3) is 3.63. The molecular weight excluding hydrogens is 364 g/mol. The predicted molar refractivity (Wildman–Crippen MR) is 104 cm³/mol. The number of amides is 1. The number of aryl methyl sites for hydroxylation is 1. The minimum atomic E-state index is -0.124. The molecule has 140 valence electrons. The van der Waals surface area contributed by atoms with Crippen molar-refractivity contribution in [1.82, 2.24) is 25.3 Å². The molecule has 1 aliphatic heterocycles. The molecule has 1 unspecified atom stereocenters. The van der Waals surface area contributed by atoms with Crippen LogP contribution in [0.25, 0.3) is 10.6 Å². The topological polar surface area (TPSA) is 95.9 Å². The van der Waals surface area contributed by atoms with Crippen molar-refractivity contribution in [3.8, 4) is 10.6 Å². The molecule has 3 aromatic heterocycles. The molecule has 0 spiro atoms. The van der Waals surface area contributed by atoms with Gasteiger partial charge in [0.1, 0.15) is 0 Å². The molecular formula is C18H20N6O2S. The zero-order valence-corrected chi connectivity index (χ0v) is 15.7. The van der Waals surface area contributed by atoms with Crippen LogP contribution in [0.5, 0.6) is 0 Å². The number of thiophene rings is 1. The number of nitrogens with one attached hydrogen (secondary N) is 2. The summed E-state index contributed by atoms with van der Waals surface area (Å²) in [6.45, 7) is 2.22. The number of hydrogen-bond donors (Lipinski definition) is 2. The number of nitrogens with zero attached hydrogens (tertiary/aromatic N) is 4. The molecule has 2 N–H and O–H groups in total. The summed E-state index contributed by atoms with van der Waals surface area (Å²) in [6, 6.07) is 5.51. The molecule has 0 bridgehead atoms. The van der Waals surface area contributed by atoms with E-state index >= 15 is 0 Å². The van der Waals surface area contributed by atoms with E-state index in [0.717, 1.165) is 35.8 Å². The zero-order valence-electron chi connectivity index (χ0n) is 14.9. The first-order valence-corrected chi connectivity index (χ1v) is 9.63. The van der Waals surface area contributed by atoms with Crippen molar-refractivity contribution >= 4 is 22.9 Å². The fraction of sp³-hybridized carbons (Fsp3) is 0.333. The van der Waals surface area contributed by atoms with Gasteiger partial charge in [0.2, 0.25) is 0 Å². The third-order valence-corrected chi connectivity index (χ3v) is 5.69. The quantitative estimate of drug-likeness (QED) is 0.695. The van der Waals surface area contributed by atoms with Crippen LogP contribution in [0.4, 0.5) is 5.69 Å². The van der Waals surface area contributed by atoms with Gasteiger partial charge in [0, 0.05) is 32.7 Å². The van der Waals surface area contributed by atoms with Crippen LogP contribution in [0.1, 0.15) is 16.8 Å². The summed E-state index contributed by atoms with van der Waals surface area (Å²) in [4.78, 5) is 27.5. The normalized spacial score (nSPS) is 16.6. The van der Waals surface area contributed by atoms with Crippen molar-refractivity contribution < 1.29 is 4.79 Å². The van der Waals surface area contributed by atoms with Crippen molar-refractivity contribution in [2.75, 3.05) is 24.5 Å². The van der Waals surface area contributed by atoms with E-state index in [0.29, 0.717) is 18.0 Å². The van der Waals surface area contributed by atoms with Crippen molar-refractivity contribution in [2.45, 2.75) is 6.42 Å². The van der Waals surface area contributed by atoms with Crippen LogP contribution in [0.15, 0.2) is 40.8 Å². The van der Waals surface area contributed by atoms with E-state index < -0.39 is 0 Å². The maximum atomic E-state index is 12.6. The number of aromatic nitrogens is 4. The Kier molecular flexibility index (Phi) is 4.76. The van der Waals surface area contributed by atoms with Gasteiger partial charge in [-0.25, -0.2) is 4.68 Å². The average molecular weight is 384 g/mol. The van der Waals surface area contributed by atoms with Crippen LogP contribution < -0.4 is 15.8 Å².